The van der Waals surface area contributed by atoms with Crippen LogP contribution in [-0.4, -0.2) is 32.9 Å². The molecule has 0 bridgehead atoms. The largest absolute Gasteiger partial charge is 0.363 e. The molecular formula is C16H22N4O. The Hall–Kier alpha value is -2.01. The molecule has 2 rings (SSSR count). The van der Waals surface area contributed by atoms with Gasteiger partial charge in [-0.15, -0.1) is 0 Å². The summed E-state index contributed by atoms with van der Waals surface area (Å²) in [5.74, 6) is 0. The first-order valence-electron chi connectivity index (χ1n) is 7.12. The van der Waals surface area contributed by atoms with Gasteiger partial charge in [0.05, 0.1) is 5.69 Å². The van der Waals surface area contributed by atoms with E-state index in [1.165, 1.54) is 0 Å². The summed E-state index contributed by atoms with van der Waals surface area (Å²) in [6, 6.07) is 0.311. The van der Waals surface area contributed by atoms with Gasteiger partial charge in [-0.2, -0.15) is 0 Å². The zero-order valence-electron chi connectivity index (χ0n) is 13.1. The van der Waals surface area contributed by atoms with E-state index >= 15 is 0 Å². The molecule has 0 saturated heterocycles. The Balaban J connectivity index is 2.06. The van der Waals surface area contributed by atoms with E-state index in [2.05, 4.69) is 33.8 Å². The number of H-pyrrole nitrogens is 1. The number of aromatic nitrogens is 3. The predicted octanol–water partition coefficient (Wildman–Crippen LogP) is 1.84. The number of nitrogens with zero attached hydrogens (tertiary/aromatic N) is 3. The van der Waals surface area contributed by atoms with Gasteiger partial charge in [0.25, 0.3) is 0 Å². The summed E-state index contributed by atoms with van der Waals surface area (Å²) in [6.45, 7) is 6.57. The van der Waals surface area contributed by atoms with Gasteiger partial charge in [-0.25, -0.2) is 0 Å². The third kappa shape index (κ3) is 3.76. The number of pyridine rings is 1. The van der Waals surface area contributed by atoms with Crippen molar-refractivity contribution in [3.63, 3.8) is 0 Å². The number of aryl methyl sites for hydroxylation is 1. The summed E-state index contributed by atoms with van der Waals surface area (Å²) in [5, 5.41) is 0. The first-order valence-corrected chi connectivity index (χ1v) is 7.12. The molecule has 0 saturated carbocycles. The van der Waals surface area contributed by atoms with Gasteiger partial charge in [-0.3, -0.25) is 19.7 Å². The van der Waals surface area contributed by atoms with Crippen molar-refractivity contribution in [1.29, 1.82) is 0 Å². The molecule has 0 aromatic carbocycles. The second kappa shape index (κ2) is 6.63. The fourth-order valence-electron chi connectivity index (χ4n) is 2.27. The molecule has 0 aliphatic rings. The van der Waals surface area contributed by atoms with Crippen LogP contribution in [0.25, 0.3) is 0 Å². The zero-order chi connectivity index (χ0) is 15.4. The van der Waals surface area contributed by atoms with Crippen molar-refractivity contribution in [2.75, 3.05) is 7.05 Å². The van der Waals surface area contributed by atoms with Crippen LogP contribution < -0.4 is 5.43 Å². The van der Waals surface area contributed by atoms with Crippen molar-refractivity contribution < 1.29 is 0 Å². The maximum absolute atomic E-state index is 12.0. The minimum Gasteiger partial charge on any atom is -0.363 e. The lowest BCUT2D eigenvalue weighted by Gasteiger charge is -2.25. The number of likely N-dealkylation sites (N-methyl/N-ethyl adjacent to an activating group) is 1. The Kier molecular flexibility index (Phi) is 4.85. The standard InChI is InChI=1S/C16H22N4O/c1-11-8-19-15(13(3)16(11)21)10-20(4)12(2)7-14-9-17-5-6-18-14/h5-6,8-9,12H,7,10H2,1-4H3,(H,19,21)/t12-/m0/s1. The molecule has 0 unspecified atom stereocenters. The van der Waals surface area contributed by atoms with E-state index in [1.807, 2.05) is 13.8 Å². The molecule has 1 N–H and O–H groups in total. The van der Waals surface area contributed by atoms with Crippen molar-refractivity contribution in [2.24, 2.45) is 0 Å². The average molecular weight is 286 g/mol. The van der Waals surface area contributed by atoms with Gasteiger partial charge in [0.15, 0.2) is 5.43 Å². The quantitative estimate of drug-likeness (QED) is 0.911. The van der Waals surface area contributed by atoms with E-state index in [0.717, 1.165) is 28.9 Å². The molecule has 0 fully saturated rings. The fraction of sp³-hybridized carbons (Fsp3) is 0.438. The highest BCUT2D eigenvalue weighted by atomic mass is 16.1. The molecule has 2 heterocycles. The Labute approximate surface area is 125 Å². The molecule has 21 heavy (non-hydrogen) atoms. The summed E-state index contributed by atoms with van der Waals surface area (Å²) >= 11 is 0. The highest BCUT2D eigenvalue weighted by molar-refractivity contribution is 5.23. The van der Waals surface area contributed by atoms with Gasteiger partial charge in [0.1, 0.15) is 0 Å². The molecule has 0 amide bonds. The van der Waals surface area contributed by atoms with Crippen LogP contribution in [0.15, 0.2) is 29.6 Å². The summed E-state index contributed by atoms with van der Waals surface area (Å²) in [7, 11) is 2.05. The second-order valence-electron chi connectivity index (χ2n) is 5.57. The monoisotopic (exact) mass is 286 g/mol. The van der Waals surface area contributed by atoms with Gasteiger partial charge in [0.2, 0.25) is 0 Å². The van der Waals surface area contributed by atoms with Crippen LogP contribution in [0.1, 0.15) is 29.4 Å². The van der Waals surface area contributed by atoms with E-state index in [0.29, 0.717) is 12.6 Å². The molecule has 112 valence electrons. The first-order chi connectivity index (χ1) is 9.99. The average Bonchev–Trinajstić information content (AvgIpc) is 2.48. The molecule has 2 aromatic heterocycles. The third-order valence-corrected chi connectivity index (χ3v) is 3.90. The Bertz CT molecular complexity index is 651. The molecule has 0 radical (unpaired) electrons. The van der Waals surface area contributed by atoms with E-state index in [9.17, 15) is 4.79 Å². The van der Waals surface area contributed by atoms with Crippen molar-refractivity contribution in [2.45, 2.75) is 39.8 Å². The van der Waals surface area contributed by atoms with Crippen molar-refractivity contribution in [1.82, 2.24) is 19.9 Å². The maximum atomic E-state index is 12.0. The van der Waals surface area contributed by atoms with E-state index in [1.54, 1.807) is 24.8 Å². The Morgan fingerprint density at radius 1 is 1.33 bits per heavy atom. The molecule has 0 spiro atoms. The number of hydrogen-bond donors (Lipinski definition) is 1. The summed E-state index contributed by atoms with van der Waals surface area (Å²) in [4.78, 5) is 25.8. The highest BCUT2D eigenvalue weighted by Gasteiger charge is 2.14. The van der Waals surface area contributed by atoms with Crippen LogP contribution in [0, 0.1) is 13.8 Å². The lowest BCUT2D eigenvalue weighted by Crippen LogP contribution is -2.32. The van der Waals surface area contributed by atoms with E-state index in [-0.39, 0.29) is 5.43 Å². The maximum Gasteiger partial charge on any atom is 0.187 e. The topological polar surface area (TPSA) is 61.9 Å². The summed E-state index contributed by atoms with van der Waals surface area (Å²) < 4.78 is 0. The summed E-state index contributed by atoms with van der Waals surface area (Å²) in [6.07, 6.45) is 7.80. The number of aromatic amines is 1. The van der Waals surface area contributed by atoms with Gasteiger partial charge in [-0.1, -0.05) is 0 Å². The Morgan fingerprint density at radius 2 is 2.10 bits per heavy atom. The van der Waals surface area contributed by atoms with Crippen LogP contribution in [0.2, 0.25) is 0 Å². The molecule has 0 aliphatic carbocycles. The fourth-order valence-corrected chi connectivity index (χ4v) is 2.27. The van der Waals surface area contributed by atoms with Crippen LogP contribution in [0.3, 0.4) is 0 Å². The predicted molar refractivity (Wildman–Crippen MR) is 83.2 cm³/mol. The minimum absolute atomic E-state index is 0.124. The van der Waals surface area contributed by atoms with E-state index in [4.69, 9.17) is 0 Å². The van der Waals surface area contributed by atoms with Gasteiger partial charge >= 0.3 is 0 Å². The third-order valence-electron chi connectivity index (χ3n) is 3.90. The van der Waals surface area contributed by atoms with Crippen molar-refractivity contribution in [3.8, 4) is 0 Å². The number of rotatable bonds is 5. The molecule has 0 aliphatic heterocycles. The van der Waals surface area contributed by atoms with E-state index < -0.39 is 0 Å². The zero-order valence-corrected chi connectivity index (χ0v) is 13.1. The number of hydrogen-bond acceptors (Lipinski definition) is 4. The molecule has 1 atom stereocenters. The summed E-state index contributed by atoms with van der Waals surface area (Å²) in [5.41, 5.74) is 3.63. The van der Waals surface area contributed by atoms with Crippen LogP contribution >= 0.6 is 0 Å². The Morgan fingerprint density at radius 3 is 2.76 bits per heavy atom. The molecule has 2 aromatic rings. The normalized spacial score (nSPS) is 12.6. The van der Waals surface area contributed by atoms with Gasteiger partial charge in [0, 0.05) is 60.6 Å². The SMILES string of the molecule is Cc1c[nH]c(CN(C)[C@@H](C)Cc2cnccn2)c(C)c1=O. The van der Waals surface area contributed by atoms with Gasteiger partial charge in [-0.05, 0) is 27.8 Å². The second-order valence-corrected chi connectivity index (χ2v) is 5.57. The van der Waals surface area contributed by atoms with Crippen molar-refractivity contribution >= 4 is 0 Å². The smallest absolute Gasteiger partial charge is 0.187 e. The lowest BCUT2D eigenvalue weighted by molar-refractivity contribution is 0.243. The molecule has 5 nitrogen and oxygen atoms in total. The van der Waals surface area contributed by atoms with Crippen molar-refractivity contribution in [3.05, 3.63) is 57.5 Å². The van der Waals surface area contributed by atoms with Crippen LogP contribution in [-0.2, 0) is 13.0 Å². The molecular weight excluding hydrogens is 264 g/mol. The first kappa shape index (κ1) is 15.4. The van der Waals surface area contributed by atoms with Crippen LogP contribution in [0.5, 0.6) is 0 Å². The molecule has 5 heteroatoms. The van der Waals surface area contributed by atoms with Crippen LogP contribution in [0.4, 0.5) is 0 Å². The number of nitrogens with one attached hydrogen (secondary N) is 1. The minimum atomic E-state index is 0.124. The van der Waals surface area contributed by atoms with Gasteiger partial charge < -0.3 is 4.98 Å². The highest BCUT2D eigenvalue weighted by Crippen LogP contribution is 2.09. The lowest BCUT2D eigenvalue weighted by atomic mass is 10.1.